The molecule has 2 aliphatic rings. The van der Waals surface area contributed by atoms with Crippen LogP contribution in [0.1, 0.15) is 42.5 Å². The first kappa shape index (κ1) is 23.1. The van der Waals surface area contributed by atoms with E-state index in [4.69, 9.17) is 15.2 Å². The number of esters is 1. The first-order valence-corrected chi connectivity index (χ1v) is 9.61. The van der Waals surface area contributed by atoms with Crippen molar-refractivity contribution in [1.82, 2.24) is 4.90 Å². The zero-order valence-electron chi connectivity index (χ0n) is 16.5. The van der Waals surface area contributed by atoms with Gasteiger partial charge in [-0.3, -0.25) is 9.59 Å². The van der Waals surface area contributed by atoms with Crippen molar-refractivity contribution < 1.29 is 23.9 Å². The van der Waals surface area contributed by atoms with Crippen molar-refractivity contribution in [2.45, 2.75) is 43.7 Å². The predicted molar refractivity (Wildman–Crippen MR) is 110 cm³/mol. The van der Waals surface area contributed by atoms with E-state index in [0.717, 1.165) is 12.8 Å². The summed E-state index contributed by atoms with van der Waals surface area (Å²) in [6, 6.07) is 6.14. The number of nitrogens with two attached hydrogens (primary N) is 1. The van der Waals surface area contributed by atoms with E-state index >= 15 is 0 Å². The Morgan fingerprint density at radius 2 is 1.97 bits per heavy atom. The zero-order valence-corrected chi connectivity index (χ0v) is 17.3. The summed E-state index contributed by atoms with van der Waals surface area (Å²) in [4.78, 5) is 39.2. The molecule has 8 nitrogen and oxygen atoms in total. The van der Waals surface area contributed by atoms with Crippen LogP contribution in [0.25, 0.3) is 0 Å². The molecular formula is C20H28ClN3O5. The summed E-state index contributed by atoms with van der Waals surface area (Å²) >= 11 is 0. The van der Waals surface area contributed by atoms with Gasteiger partial charge in [-0.05, 0) is 50.3 Å². The van der Waals surface area contributed by atoms with Gasteiger partial charge in [-0.2, -0.15) is 0 Å². The van der Waals surface area contributed by atoms with Crippen LogP contribution in [0.15, 0.2) is 24.3 Å². The van der Waals surface area contributed by atoms with Crippen LogP contribution in [-0.2, 0) is 19.1 Å². The number of halogens is 1. The highest BCUT2D eigenvalue weighted by atomic mass is 35.5. The Hall–Kier alpha value is -2.16. The summed E-state index contributed by atoms with van der Waals surface area (Å²) in [5.74, 6) is -0.937. The summed E-state index contributed by atoms with van der Waals surface area (Å²) < 4.78 is 10.1. The lowest BCUT2D eigenvalue weighted by atomic mass is 9.90. The second-order valence-electron chi connectivity index (χ2n) is 7.34. The van der Waals surface area contributed by atoms with Crippen LogP contribution in [0, 0.1) is 0 Å². The van der Waals surface area contributed by atoms with Crippen LogP contribution in [0.2, 0.25) is 0 Å². The minimum Gasteiger partial charge on any atom is -0.467 e. The summed E-state index contributed by atoms with van der Waals surface area (Å²) in [5.41, 5.74) is 6.15. The fourth-order valence-corrected chi connectivity index (χ4v) is 3.67. The Morgan fingerprint density at radius 1 is 1.24 bits per heavy atom. The molecule has 3 N–H and O–H groups in total. The van der Waals surface area contributed by atoms with Gasteiger partial charge in [0.2, 0.25) is 5.91 Å². The number of nitrogens with zero attached hydrogens (tertiary/aromatic N) is 1. The van der Waals surface area contributed by atoms with Crippen molar-refractivity contribution >= 4 is 35.9 Å². The predicted octanol–water partition coefficient (Wildman–Crippen LogP) is 1.72. The van der Waals surface area contributed by atoms with Gasteiger partial charge < -0.3 is 25.4 Å². The highest BCUT2D eigenvalue weighted by Crippen LogP contribution is 2.23. The van der Waals surface area contributed by atoms with Gasteiger partial charge in [-0.1, -0.05) is 6.07 Å². The number of amides is 2. The molecule has 0 aliphatic carbocycles. The van der Waals surface area contributed by atoms with E-state index in [9.17, 15) is 14.4 Å². The molecule has 1 atom stereocenters. The Kier molecular flexibility index (Phi) is 8.01. The number of ether oxygens (including phenoxy) is 2. The van der Waals surface area contributed by atoms with Crippen LogP contribution in [0.4, 0.5) is 5.69 Å². The van der Waals surface area contributed by atoms with Crippen LogP contribution in [0.3, 0.4) is 0 Å². The first-order chi connectivity index (χ1) is 13.4. The SMILES string of the molecule is COC(=O)C1CCCCN1C(=O)c1cccc(NC(=O)C2(N)CCOCC2)c1.Cl. The number of rotatable bonds is 4. The van der Waals surface area contributed by atoms with Crippen molar-refractivity contribution in [3.05, 3.63) is 29.8 Å². The van der Waals surface area contributed by atoms with Gasteiger partial charge in [0.25, 0.3) is 5.91 Å². The third kappa shape index (κ3) is 5.26. The van der Waals surface area contributed by atoms with Crippen LogP contribution in [0.5, 0.6) is 0 Å². The molecule has 0 bridgehead atoms. The number of benzene rings is 1. The van der Waals surface area contributed by atoms with Gasteiger partial charge in [-0.15, -0.1) is 12.4 Å². The van der Waals surface area contributed by atoms with Crippen molar-refractivity contribution in [1.29, 1.82) is 0 Å². The lowest BCUT2D eigenvalue weighted by molar-refractivity contribution is -0.147. The Balaban J connectivity index is 0.00000300. The molecule has 3 rings (SSSR count). The lowest BCUT2D eigenvalue weighted by Crippen LogP contribution is -2.54. The molecule has 1 aromatic rings. The third-order valence-electron chi connectivity index (χ3n) is 5.44. The van der Waals surface area contributed by atoms with Gasteiger partial charge in [0, 0.05) is 31.0 Å². The highest BCUT2D eigenvalue weighted by Gasteiger charge is 2.36. The first-order valence-electron chi connectivity index (χ1n) is 9.61. The van der Waals surface area contributed by atoms with Gasteiger partial charge >= 0.3 is 5.97 Å². The van der Waals surface area contributed by atoms with Gasteiger partial charge in [-0.25, -0.2) is 4.79 Å². The highest BCUT2D eigenvalue weighted by molar-refractivity contribution is 6.01. The molecule has 2 amide bonds. The molecule has 0 spiro atoms. The standard InChI is InChI=1S/C20H27N3O5.ClH/c1-27-18(25)16-7-2-3-10-23(16)17(24)14-5-4-6-15(13-14)22-19(26)20(21)8-11-28-12-9-20;/h4-6,13,16H,2-3,7-12,21H2,1H3,(H,22,26);1H. The monoisotopic (exact) mass is 425 g/mol. The normalized spacial score (nSPS) is 20.9. The second-order valence-corrected chi connectivity index (χ2v) is 7.34. The van der Waals surface area contributed by atoms with Crippen LogP contribution >= 0.6 is 12.4 Å². The van der Waals surface area contributed by atoms with Gasteiger partial charge in [0.1, 0.15) is 11.6 Å². The minimum absolute atomic E-state index is 0. The molecule has 1 aromatic carbocycles. The van der Waals surface area contributed by atoms with E-state index in [1.165, 1.54) is 7.11 Å². The van der Waals surface area contributed by atoms with Crippen LogP contribution < -0.4 is 11.1 Å². The van der Waals surface area contributed by atoms with E-state index in [2.05, 4.69) is 5.32 Å². The van der Waals surface area contributed by atoms with E-state index < -0.39 is 17.6 Å². The topological polar surface area (TPSA) is 111 Å². The maximum atomic E-state index is 13.0. The Morgan fingerprint density at radius 3 is 2.66 bits per heavy atom. The lowest BCUT2D eigenvalue weighted by Gasteiger charge is -2.34. The summed E-state index contributed by atoms with van der Waals surface area (Å²) in [6.45, 7) is 1.40. The molecular weight excluding hydrogens is 398 g/mol. The molecule has 2 aliphatic heterocycles. The molecule has 0 saturated carbocycles. The van der Waals surface area contributed by atoms with E-state index in [1.807, 2.05) is 0 Å². The number of carbonyl (C=O) groups excluding carboxylic acids is 3. The number of anilines is 1. The molecule has 2 saturated heterocycles. The second kappa shape index (κ2) is 10.0. The van der Waals surface area contributed by atoms with Crippen molar-refractivity contribution in [3.8, 4) is 0 Å². The largest absolute Gasteiger partial charge is 0.467 e. The fourth-order valence-electron chi connectivity index (χ4n) is 3.67. The maximum Gasteiger partial charge on any atom is 0.328 e. The molecule has 2 fully saturated rings. The van der Waals surface area contributed by atoms with E-state index in [1.54, 1.807) is 29.2 Å². The number of hydrogen-bond acceptors (Lipinski definition) is 6. The van der Waals surface area contributed by atoms with Crippen molar-refractivity contribution in [3.63, 3.8) is 0 Å². The summed E-state index contributed by atoms with van der Waals surface area (Å²) in [5, 5.41) is 2.81. The smallest absolute Gasteiger partial charge is 0.328 e. The zero-order chi connectivity index (χ0) is 20.1. The molecule has 29 heavy (non-hydrogen) atoms. The number of nitrogens with one attached hydrogen (secondary N) is 1. The molecule has 160 valence electrons. The molecule has 0 radical (unpaired) electrons. The number of carbonyl (C=O) groups is 3. The molecule has 9 heteroatoms. The van der Waals surface area contributed by atoms with Crippen LogP contribution in [-0.4, -0.2) is 61.1 Å². The molecule has 0 aromatic heterocycles. The van der Waals surface area contributed by atoms with E-state index in [-0.39, 0.29) is 24.2 Å². The summed E-state index contributed by atoms with van der Waals surface area (Å²) in [7, 11) is 1.33. The molecule has 2 heterocycles. The van der Waals surface area contributed by atoms with E-state index in [0.29, 0.717) is 50.3 Å². The Bertz CT molecular complexity index is 751. The average molecular weight is 426 g/mol. The molecule has 1 unspecified atom stereocenters. The number of methoxy groups -OCH3 is 1. The third-order valence-corrected chi connectivity index (χ3v) is 5.44. The maximum absolute atomic E-state index is 13.0. The van der Waals surface area contributed by atoms with Crippen molar-refractivity contribution in [2.75, 3.05) is 32.2 Å². The number of likely N-dealkylation sites (tertiary alicyclic amines) is 1. The van der Waals surface area contributed by atoms with Gasteiger partial charge in [0.15, 0.2) is 0 Å². The Labute approximate surface area is 176 Å². The number of hydrogen-bond donors (Lipinski definition) is 2. The fraction of sp³-hybridized carbons (Fsp3) is 0.550. The summed E-state index contributed by atoms with van der Waals surface area (Å²) in [6.07, 6.45) is 3.21. The van der Waals surface area contributed by atoms with Crippen molar-refractivity contribution in [2.24, 2.45) is 5.73 Å². The quantitative estimate of drug-likeness (QED) is 0.710. The average Bonchev–Trinajstić information content (AvgIpc) is 2.73. The number of piperidine rings is 1. The van der Waals surface area contributed by atoms with Gasteiger partial charge in [0.05, 0.1) is 7.11 Å². The minimum atomic E-state index is -0.971.